The van der Waals surface area contributed by atoms with Crippen molar-refractivity contribution in [2.75, 3.05) is 33.9 Å². The molecule has 0 spiro atoms. The van der Waals surface area contributed by atoms with E-state index in [1.54, 1.807) is 14.2 Å². The fourth-order valence-corrected chi connectivity index (χ4v) is 3.25. The SMILES string of the molecule is COc1ccc(CCN2CCC(F)(F)CC2)c(OC)c1Br. The minimum atomic E-state index is -2.49. The van der Waals surface area contributed by atoms with Crippen LogP contribution in [0.2, 0.25) is 0 Å². The molecule has 1 aliphatic rings. The highest BCUT2D eigenvalue weighted by atomic mass is 79.9. The van der Waals surface area contributed by atoms with Crippen LogP contribution in [-0.2, 0) is 6.42 Å². The highest BCUT2D eigenvalue weighted by Gasteiger charge is 2.33. The molecule has 3 nitrogen and oxygen atoms in total. The molecule has 6 heteroatoms. The number of likely N-dealkylation sites (tertiary alicyclic amines) is 1. The van der Waals surface area contributed by atoms with E-state index in [9.17, 15) is 8.78 Å². The Labute approximate surface area is 132 Å². The summed E-state index contributed by atoms with van der Waals surface area (Å²) in [6, 6.07) is 3.84. The molecule has 1 aliphatic heterocycles. The molecule has 21 heavy (non-hydrogen) atoms. The molecule has 1 fully saturated rings. The van der Waals surface area contributed by atoms with Crippen LogP contribution in [0.3, 0.4) is 0 Å². The summed E-state index contributed by atoms with van der Waals surface area (Å²) in [7, 11) is 3.22. The first-order chi connectivity index (χ1) is 9.96. The van der Waals surface area contributed by atoms with Crippen molar-refractivity contribution in [1.29, 1.82) is 0 Å². The van der Waals surface area contributed by atoms with E-state index >= 15 is 0 Å². The molecule has 1 aromatic rings. The van der Waals surface area contributed by atoms with Crippen molar-refractivity contribution in [2.24, 2.45) is 0 Å². The van der Waals surface area contributed by atoms with Crippen LogP contribution in [0.15, 0.2) is 16.6 Å². The Morgan fingerprint density at radius 3 is 2.43 bits per heavy atom. The van der Waals surface area contributed by atoms with Crippen LogP contribution in [0.25, 0.3) is 0 Å². The topological polar surface area (TPSA) is 21.7 Å². The van der Waals surface area contributed by atoms with Crippen LogP contribution < -0.4 is 9.47 Å². The molecule has 0 atom stereocenters. The predicted molar refractivity (Wildman–Crippen MR) is 81.6 cm³/mol. The summed E-state index contributed by atoms with van der Waals surface area (Å²) in [6.07, 6.45) is 0.671. The van der Waals surface area contributed by atoms with Crippen molar-refractivity contribution in [1.82, 2.24) is 4.90 Å². The zero-order chi connectivity index (χ0) is 15.5. The summed E-state index contributed by atoms with van der Waals surface area (Å²) in [5.74, 6) is -1.03. The molecular weight excluding hydrogens is 344 g/mol. The molecule has 0 saturated carbocycles. The van der Waals surface area contributed by atoms with E-state index in [4.69, 9.17) is 9.47 Å². The van der Waals surface area contributed by atoms with Gasteiger partial charge in [0.1, 0.15) is 16.0 Å². The van der Waals surface area contributed by atoms with Gasteiger partial charge in [0.2, 0.25) is 0 Å². The lowest BCUT2D eigenvalue weighted by atomic mass is 10.1. The summed E-state index contributed by atoms with van der Waals surface area (Å²) in [6.45, 7) is 1.66. The summed E-state index contributed by atoms with van der Waals surface area (Å²) < 4.78 is 37.7. The van der Waals surface area contributed by atoms with Crippen molar-refractivity contribution in [3.63, 3.8) is 0 Å². The monoisotopic (exact) mass is 363 g/mol. The smallest absolute Gasteiger partial charge is 0.250 e. The van der Waals surface area contributed by atoms with Crippen LogP contribution in [0.5, 0.6) is 11.5 Å². The fraction of sp³-hybridized carbons (Fsp3) is 0.600. The molecule has 0 bridgehead atoms. The van der Waals surface area contributed by atoms with Crippen molar-refractivity contribution >= 4 is 15.9 Å². The number of halogens is 3. The first-order valence-corrected chi connectivity index (χ1v) is 7.75. The lowest BCUT2D eigenvalue weighted by molar-refractivity contribution is -0.0548. The molecule has 1 saturated heterocycles. The summed E-state index contributed by atoms with van der Waals surface area (Å²) >= 11 is 3.47. The quantitative estimate of drug-likeness (QED) is 0.795. The third-order valence-corrected chi connectivity index (χ3v) is 4.60. The number of ether oxygens (including phenoxy) is 2. The van der Waals surface area contributed by atoms with Crippen LogP contribution in [0.4, 0.5) is 8.78 Å². The number of hydrogen-bond donors (Lipinski definition) is 0. The second-order valence-electron chi connectivity index (χ2n) is 5.22. The molecule has 118 valence electrons. The maximum atomic E-state index is 13.1. The number of piperidine rings is 1. The minimum Gasteiger partial charge on any atom is -0.495 e. The number of methoxy groups -OCH3 is 2. The Hall–Kier alpha value is -0.880. The number of hydrogen-bond acceptors (Lipinski definition) is 3. The summed E-state index contributed by atoms with van der Waals surface area (Å²) in [5.41, 5.74) is 1.04. The van der Waals surface area contributed by atoms with Gasteiger partial charge in [0.05, 0.1) is 14.2 Å². The van der Waals surface area contributed by atoms with Crippen LogP contribution >= 0.6 is 15.9 Å². The first-order valence-electron chi connectivity index (χ1n) is 6.96. The van der Waals surface area contributed by atoms with Gasteiger partial charge < -0.3 is 14.4 Å². The van der Waals surface area contributed by atoms with Crippen molar-refractivity contribution in [3.8, 4) is 11.5 Å². The summed E-state index contributed by atoms with van der Waals surface area (Å²) in [4.78, 5) is 2.08. The van der Waals surface area contributed by atoms with Gasteiger partial charge in [-0.3, -0.25) is 0 Å². The molecule has 0 unspecified atom stereocenters. The Kier molecular flexibility index (Phi) is 5.43. The zero-order valence-electron chi connectivity index (χ0n) is 12.3. The fourth-order valence-electron chi connectivity index (χ4n) is 2.54. The molecule has 0 aromatic heterocycles. The standard InChI is InChI=1S/C15H20BrF2NO2/c1-20-12-4-3-11(14(21-2)13(12)16)5-8-19-9-6-15(17,18)7-10-19/h3-4H,5-10H2,1-2H3. The van der Waals surface area contributed by atoms with Gasteiger partial charge in [-0.1, -0.05) is 6.07 Å². The van der Waals surface area contributed by atoms with Crippen molar-refractivity contribution in [3.05, 3.63) is 22.2 Å². The van der Waals surface area contributed by atoms with Crippen LogP contribution in [0, 0.1) is 0 Å². The average Bonchev–Trinajstić information content (AvgIpc) is 2.46. The van der Waals surface area contributed by atoms with Gasteiger partial charge in [-0.15, -0.1) is 0 Å². The molecule has 0 N–H and O–H groups in total. The number of benzene rings is 1. The minimum absolute atomic E-state index is 0.0452. The molecule has 1 heterocycles. The van der Waals surface area contributed by atoms with Gasteiger partial charge in [0.25, 0.3) is 5.92 Å². The van der Waals surface area contributed by atoms with Gasteiger partial charge in [0, 0.05) is 32.5 Å². The van der Waals surface area contributed by atoms with E-state index in [-0.39, 0.29) is 12.8 Å². The second kappa shape index (κ2) is 6.92. The Morgan fingerprint density at radius 2 is 1.86 bits per heavy atom. The molecule has 2 rings (SSSR count). The number of alkyl halides is 2. The van der Waals surface area contributed by atoms with E-state index in [1.807, 2.05) is 12.1 Å². The highest BCUT2D eigenvalue weighted by molar-refractivity contribution is 9.10. The molecule has 0 radical (unpaired) electrons. The molecule has 0 amide bonds. The summed E-state index contributed by atoms with van der Waals surface area (Å²) in [5, 5.41) is 0. The van der Waals surface area contributed by atoms with Gasteiger partial charge in [-0.25, -0.2) is 8.78 Å². The van der Waals surface area contributed by atoms with E-state index in [2.05, 4.69) is 20.8 Å². The lowest BCUT2D eigenvalue weighted by Gasteiger charge is -2.31. The van der Waals surface area contributed by atoms with Crippen molar-refractivity contribution in [2.45, 2.75) is 25.2 Å². The third-order valence-electron chi connectivity index (χ3n) is 3.85. The average molecular weight is 364 g/mol. The zero-order valence-corrected chi connectivity index (χ0v) is 13.9. The Balaban J connectivity index is 1.99. The number of rotatable bonds is 5. The van der Waals surface area contributed by atoms with Gasteiger partial charge in [-0.05, 0) is 34.0 Å². The molecular formula is C15H20BrF2NO2. The second-order valence-corrected chi connectivity index (χ2v) is 6.01. The Morgan fingerprint density at radius 1 is 1.19 bits per heavy atom. The largest absolute Gasteiger partial charge is 0.495 e. The first kappa shape index (κ1) is 16.5. The van der Waals surface area contributed by atoms with E-state index in [0.717, 1.165) is 28.8 Å². The van der Waals surface area contributed by atoms with Gasteiger partial charge >= 0.3 is 0 Å². The van der Waals surface area contributed by atoms with Crippen LogP contribution in [-0.4, -0.2) is 44.7 Å². The maximum Gasteiger partial charge on any atom is 0.250 e. The van der Waals surface area contributed by atoms with Crippen LogP contribution in [0.1, 0.15) is 18.4 Å². The predicted octanol–water partition coefficient (Wildman–Crippen LogP) is 3.74. The lowest BCUT2D eigenvalue weighted by Crippen LogP contribution is -2.40. The Bertz CT molecular complexity index is 487. The van der Waals surface area contributed by atoms with Gasteiger partial charge in [-0.2, -0.15) is 0 Å². The maximum absolute atomic E-state index is 13.1. The number of nitrogens with zero attached hydrogens (tertiary/aromatic N) is 1. The molecule has 0 aliphatic carbocycles. The molecule has 1 aromatic carbocycles. The highest BCUT2D eigenvalue weighted by Crippen LogP contribution is 2.37. The van der Waals surface area contributed by atoms with Crippen molar-refractivity contribution < 1.29 is 18.3 Å². The van der Waals surface area contributed by atoms with Gasteiger partial charge in [0.15, 0.2) is 0 Å². The third kappa shape index (κ3) is 4.07. The van der Waals surface area contributed by atoms with E-state index in [0.29, 0.717) is 18.8 Å². The van der Waals surface area contributed by atoms with E-state index in [1.165, 1.54) is 0 Å². The normalized spacial score (nSPS) is 18.5. The van der Waals surface area contributed by atoms with E-state index < -0.39 is 5.92 Å².